The summed E-state index contributed by atoms with van der Waals surface area (Å²) in [5.74, 6) is 1.69. The van der Waals surface area contributed by atoms with Crippen LogP contribution < -0.4 is 11.1 Å². The van der Waals surface area contributed by atoms with E-state index < -0.39 is 0 Å². The molecule has 0 aliphatic heterocycles. The molecule has 4 unspecified atom stereocenters. The molecule has 2 bridgehead atoms. The number of nitrogens with two attached hydrogens (primary N) is 1. The van der Waals surface area contributed by atoms with Crippen molar-refractivity contribution in [3.63, 3.8) is 0 Å². The number of amides is 1. The Kier molecular flexibility index (Phi) is 5.80. The van der Waals surface area contributed by atoms with Gasteiger partial charge in [-0.1, -0.05) is 6.07 Å². The van der Waals surface area contributed by atoms with Crippen molar-refractivity contribution in [1.82, 2.24) is 4.98 Å². The van der Waals surface area contributed by atoms with Crippen LogP contribution in [0.3, 0.4) is 0 Å². The van der Waals surface area contributed by atoms with Gasteiger partial charge >= 0.3 is 0 Å². The number of halogens is 2. The van der Waals surface area contributed by atoms with Crippen molar-refractivity contribution in [2.75, 3.05) is 5.32 Å². The van der Waals surface area contributed by atoms with Gasteiger partial charge in [0.2, 0.25) is 5.91 Å². The number of hydrogen-bond acceptors (Lipinski definition) is 3. The molecule has 4 nitrogen and oxygen atoms in total. The average molecular weight is 318 g/mol. The molecule has 3 N–H and O–H groups in total. The van der Waals surface area contributed by atoms with Crippen LogP contribution in [-0.2, 0) is 4.79 Å². The molecule has 1 amide bonds. The molecule has 2 fully saturated rings. The maximum atomic E-state index is 12.3. The van der Waals surface area contributed by atoms with E-state index in [0.29, 0.717) is 17.7 Å². The zero-order chi connectivity index (χ0) is 12.7. The van der Waals surface area contributed by atoms with Crippen molar-refractivity contribution in [3.05, 3.63) is 23.9 Å². The van der Waals surface area contributed by atoms with E-state index in [-0.39, 0.29) is 42.7 Å². The number of nitrogens with one attached hydrogen (secondary N) is 1. The van der Waals surface area contributed by atoms with Crippen LogP contribution in [0.15, 0.2) is 18.2 Å². The highest BCUT2D eigenvalue weighted by Gasteiger charge is 2.49. The molecule has 2 saturated carbocycles. The summed E-state index contributed by atoms with van der Waals surface area (Å²) >= 11 is 0. The summed E-state index contributed by atoms with van der Waals surface area (Å²) in [6.07, 6.45) is 3.47. The second-order valence-electron chi connectivity index (χ2n) is 5.59. The molecule has 2 aliphatic rings. The Morgan fingerprint density at radius 2 is 2.00 bits per heavy atom. The molecule has 0 aromatic carbocycles. The summed E-state index contributed by atoms with van der Waals surface area (Å²) in [5.41, 5.74) is 7.07. The van der Waals surface area contributed by atoms with Crippen LogP contribution in [0.5, 0.6) is 0 Å². The van der Waals surface area contributed by atoms with Gasteiger partial charge in [-0.05, 0) is 50.2 Å². The number of anilines is 1. The van der Waals surface area contributed by atoms with E-state index in [1.54, 1.807) is 0 Å². The number of rotatable bonds is 2. The summed E-state index contributed by atoms with van der Waals surface area (Å²) in [7, 11) is 0. The van der Waals surface area contributed by atoms with Gasteiger partial charge in [0.05, 0.1) is 5.92 Å². The minimum absolute atomic E-state index is 0. The number of carbonyl (C=O) groups is 1. The molecule has 6 heteroatoms. The number of hydrogen-bond donors (Lipinski definition) is 2. The van der Waals surface area contributed by atoms with Crippen molar-refractivity contribution in [3.8, 4) is 0 Å². The van der Waals surface area contributed by atoms with E-state index in [1.807, 2.05) is 25.1 Å². The van der Waals surface area contributed by atoms with Crippen molar-refractivity contribution in [2.45, 2.75) is 32.2 Å². The van der Waals surface area contributed by atoms with Gasteiger partial charge in [0.1, 0.15) is 5.82 Å². The number of aryl methyl sites for hydroxylation is 1. The van der Waals surface area contributed by atoms with Crippen LogP contribution in [0.4, 0.5) is 5.82 Å². The van der Waals surface area contributed by atoms with Gasteiger partial charge in [0.25, 0.3) is 0 Å². The maximum absolute atomic E-state index is 12.3. The predicted molar refractivity (Wildman–Crippen MR) is 84.4 cm³/mol. The summed E-state index contributed by atoms with van der Waals surface area (Å²) < 4.78 is 0. The summed E-state index contributed by atoms with van der Waals surface area (Å²) in [4.78, 5) is 16.6. The second kappa shape index (κ2) is 6.74. The number of aromatic nitrogens is 1. The zero-order valence-corrected chi connectivity index (χ0v) is 13.0. The quantitative estimate of drug-likeness (QED) is 0.880. The van der Waals surface area contributed by atoms with Crippen LogP contribution in [0.25, 0.3) is 0 Å². The van der Waals surface area contributed by atoms with Gasteiger partial charge in [0, 0.05) is 11.7 Å². The van der Waals surface area contributed by atoms with Gasteiger partial charge in [-0.3, -0.25) is 4.79 Å². The Morgan fingerprint density at radius 3 is 2.60 bits per heavy atom. The third-order valence-electron chi connectivity index (χ3n) is 4.42. The van der Waals surface area contributed by atoms with E-state index >= 15 is 0 Å². The lowest BCUT2D eigenvalue weighted by Gasteiger charge is -2.26. The van der Waals surface area contributed by atoms with Crippen LogP contribution in [0.2, 0.25) is 0 Å². The second-order valence-corrected chi connectivity index (χ2v) is 5.59. The minimum atomic E-state index is -0.0222. The number of carbonyl (C=O) groups excluding carboxylic acids is 1. The predicted octanol–water partition coefficient (Wildman–Crippen LogP) is 2.55. The van der Waals surface area contributed by atoms with Crippen LogP contribution in [-0.4, -0.2) is 16.9 Å². The molecule has 0 saturated heterocycles. The lowest BCUT2D eigenvalue weighted by Crippen LogP contribution is -2.42. The Morgan fingerprint density at radius 1 is 1.30 bits per heavy atom. The normalized spacial score (nSPS) is 30.3. The summed E-state index contributed by atoms with van der Waals surface area (Å²) in [6, 6.07) is 5.68. The molecule has 1 aromatic heterocycles. The molecule has 0 radical (unpaired) electrons. The number of pyridine rings is 1. The topological polar surface area (TPSA) is 68.0 Å². The lowest BCUT2D eigenvalue weighted by molar-refractivity contribution is -0.121. The molecule has 20 heavy (non-hydrogen) atoms. The van der Waals surface area contributed by atoms with Crippen molar-refractivity contribution >= 4 is 36.5 Å². The maximum Gasteiger partial charge on any atom is 0.230 e. The highest BCUT2D eigenvalue weighted by Crippen LogP contribution is 2.47. The van der Waals surface area contributed by atoms with Gasteiger partial charge in [-0.15, -0.1) is 24.8 Å². The fourth-order valence-corrected chi connectivity index (χ4v) is 3.55. The van der Waals surface area contributed by atoms with E-state index in [2.05, 4.69) is 10.3 Å². The highest BCUT2D eigenvalue weighted by atomic mass is 35.5. The fraction of sp³-hybridized carbons (Fsp3) is 0.571. The molecular formula is C14H21Cl2N3O. The monoisotopic (exact) mass is 317 g/mol. The first-order chi connectivity index (χ1) is 8.65. The van der Waals surface area contributed by atoms with Crippen LogP contribution in [0.1, 0.15) is 25.0 Å². The first kappa shape index (κ1) is 17.2. The Balaban J connectivity index is 0.000001000. The van der Waals surface area contributed by atoms with Crippen molar-refractivity contribution in [2.24, 2.45) is 23.5 Å². The Bertz CT molecular complexity index is 481. The smallest absolute Gasteiger partial charge is 0.230 e. The Hall–Kier alpha value is -0.840. The summed E-state index contributed by atoms with van der Waals surface area (Å²) in [6.45, 7) is 1.92. The third kappa shape index (κ3) is 3.08. The molecule has 3 rings (SSSR count). The van der Waals surface area contributed by atoms with Gasteiger partial charge < -0.3 is 11.1 Å². The van der Waals surface area contributed by atoms with Crippen LogP contribution >= 0.6 is 24.8 Å². The molecule has 4 atom stereocenters. The first-order valence-electron chi connectivity index (χ1n) is 6.65. The molecule has 2 aliphatic carbocycles. The van der Waals surface area contributed by atoms with Gasteiger partial charge in [0.15, 0.2) is 0 Å². The van der Waals surface area contributed by atoms with E-state index in [0.717, 1.165) is 18.5 Å². The average Bonchev–Trinajstić information content (AvgIpc) is 2.89. The van der Waals surface area contributed by atoms with Crippen molar-refractivity contribution in [1.29, 1.82) is 0 Å². The first-order valence-corrected chi connectivity index (χ1v) is 6.65. The fourth-order valence-electron chi connectivity index (χ4n) is 3.55. The van der Waals surface area contributed by atoms with E-state index in [9.17, 15) is 4.79 Å². The molecule has 0 spiro atoms. The van der Waals surface area contributed by atoms with Crippen LogP contribution in [0, 0.1) is 24.7 Å². The zero-order valence-electron chi connectivity index (χ0n) is 11.4. The van der Waals surface area contributed by atoms with E-state index in [1.165, 1.54) is 6.42 Å². The molecule has 112 valence electrons. The van der Waals surface area contributed by atoms with Crippen molar-refractivity contribution < 1.29 is 4.79 Å². The lowest BCUT2D eigenvalue weighted by atomic mass is 9.84. The standard InChI is InChI=1S/C14H19N3O.2ClH/c1-8-3-2-4-11(16-8)17-14(18)12-9-5-6-10(7-9)13(12)15;;/h2-4,9-10,12-13H,5-7,15H2,1H3,(H,16,17,18);2*1H. The molecule has 1 aromatic rings. The molecule has 1 heterocycles. The van der Waals surface area contributed by atoms with E-state index in [4.69, 9.17) is 5.73 Å². The Labute approximate surface area is 131 Å². The van der Waals surface area contributed by atoms with Gasteiger partial charge in [-0.25, -0.2) is 4.98 Å². The van der Waals surface area contributed by atoms with Gasteiger partial charge in [-0.2, -0.15) is 0 Å². The minimum Gasteiger partial charge on any atom is -0.327 e. The molecular weight excluding hydrogens is 297 g/mol. The third-order valence-corrected chi connectivity index (χ3v) is 4.42. The SMILES string of the molecule is Cc1cccc(NC(=O)C2C3CCC(C3)C2N)n1.Cl.Cl. The number of nitrogens with zero attached hydrogens (tertiary/aromatic N) is 1. The highest BCUT2D eigenvalue weighted by molar-refractivity contribution is 5.92. The number of fused-ring (bicyclic) bond motifs is 2. The largest absolute Gasteiger partial charge is 0.327 e. The summed E-state index contributed by atoms with van der Waals surface area (Å²) in [5, 5.41) is 2.91.